The molecule has 0 aliphatic carbocycles. The molecule has 32 valence electrons. The van der Waals surface area contributed by atoms with E-state index in [4.69, 9.17) is 15.0 Å². The van der Waals surface area contributed by atoms with Crippen LogP contribution in [0.5, 0.6) is 0 Å². The van der Waals surface area contributed by atoms with E-state index in [1.54, 1.807) is 0 Å². The summed E-state index contributed by atoms with van der Waals surface area (Å²) in [5.41, 5.74) is 0. The number of hydrogen-bond donors (Lipinski definition) is 2. The third-order valence-electron chi connectivity index (χ3n) is 0. The fourth-order valence-electron chi connectivity index (χ4n) is 0. The number of hydrogen-bond acceptors (Lipinski definition) is 1. The monoisotopic (exact) mass is 222 g/mol. The molecule has 0 rings (SSSR count). The van der Waals surface area contributed by atoms with E-state index in [1.807, 2.05) is 0 Å². The quantitative estimate of drug-likeness (QED) is 0.579. The van der Waals surface area contributed by atoms with Gasteiger partial charge in [0, 0.05) is 0 Å². The zero-order valence-electron chi connectivity index (χ0n) is 3.63. The second-order valence-corrected chi connectivity index (χ2v) is 0.283. The van der Waals surface area contributed by atoms with Gasteiger partial charge in [-0.05, 0) is 0 Å². The standard InChI is InChI=1S/CH2O3.S.2Zn/c2-1(3)4;;;/h(H2,2,3,4);;;/q;-2;2*+2. The Bertz CT molecular complexity index is 35.9. The summed E-state index contributed by atoms with van der Waals surface area (Å²) in [6, 6.07) is 0. The Morgan fingerprint density at radius 2 is 1.14 bits per heavy atom. The molecular weight excluding hydrogens is 223 g/mol. The van der Waals surface area contributed by atoms with E-state index in [9.17, 15) is 0 Å². The van der Waals surface area contributed by atoms with E-state index >= 15 is 0 Å². The molecule has 0 aromatic carbocycles. The van der Waals surface area contributed by atoms with Crippen LogP contribution in [0.15, 0.2) is 0 Å². The van der Waals surface area contributed by atoms with E-state index in [2.05, 4.69) is 0 Å². The van der Waals surface area contributed by atoms with Crippen molar-refractivity contribution in [3.63, 3.8) is 0 Å². The predicted molar refractivity (Wildman–Crippen MR) is 18.0 cm³/mol. The van der Waals surface area contributed by atoms with Gasteiger partial charge in [-0.1, -0.05) is 0 Å². The van der Waals surface area contributed by atoms with Crippen LogP contribution in [0.4, 0.5) is 4.79 Å². The van der Waals surface area contributed by atoms with Crippen LogP contribution in [0.25, 0.3) is 0 Å². The molecule has 0 amide bonds. The van der Waals surface area contributed by atoms with Crippen molar-refractivity contribution in [2.45, 2.75) is 0 Å². The van der Waals surface area contributed by atoms with Crippen LogP contribution in [0.3, 0.4) is 0 Å². The first-order valence-corrected chi connectivity index (χ1v) is 0.651. The molecule has 0 saturated carbocycles. The molecule has 0 spiro atoms. The molecule has 0 aromatic rings. The first-order chi connectivity index (χ1) is 1.73. The molecule has 0 aliphatic rings. The van der Waals surface area contributed by atoms with Crippen molar-refractivity contribution < 1.29 is 54.0 Å². The van der Waals surface area contributed by atoms with Crippen LogP contribution >= 0.6 is 0 Å². The van der Waals surface area contributed by atoms with Gasteiger partial charge in [0.05, 0.1) is 0 Å². The zero-order valence-corrected chi connectivity index (χ0v) is 10.4. The molecule has 0 bridgehead atoms. The topological polar surface area (TPSA) is 57.5 Å². The minimum Gasteiger partial charge on any atom is -2.00 e. The zero-order chi connectivity index (χ0) is 3.58. The van der Waals surface area contributed by atoms with Gasteiger partial charge in [-0.15, -0.1) is 0 Å². The van der Waals surface area contributed by atoms with Gasteiger partial charge in [-0.2, -0.15) is 0 Å². The van der Waals surface area contributed by atoms with Crippen molar-refractivity contribution in [1.82, 2.24) is 0 Å². The predicted octanol–water partition coefficient (Wildman–Crippen LogP) is 0.215. The van der Waals surface area contributed by atoms with Crippen LogP contribution in [0.1, 0.15) is 0 Å². The SMILES string of the molecule is O=C(O)O.[S-2].[Zn+2].[Zn+2]. The van der Waals surface area contributed by atoms with Crippen molar-refractivity contribution >= 4 is 19.7 Å². The fourth-order valence-corrected chi connectivity index (χ4v) is 0. The molecule has 7 heavy (non-hydrogen) atoms. The van der Waals surface area contributed by atoms with Crippen LogP contribution in [-0.4, -0.2) is 16.4 Å². The van der Waals surface area contributed by atoms with Crippen molar-refractivity contribution in [1.29, 1.82) is 0 Å². The van der Waals surface area contributed by atoms with E-state index in [1.165, 1.54) is 0 Å². The summed E-state index contributed by atoms with van der Waals surface area (Å²) >= 11 is 0. The van der Waals surface area contributed by atoms with Gasteiger partial charge in [-0.25, -0.2) is 4.79 Å². The average Bonchev–Trinajstić information content (AvgIpc) is 0.811. The van der Waals surface area contributed by atoms with Gasteiger partial charge < -0.3 is 23.7 Å². The summed E-state index contributed by atoms with van der Waals surface area (Å²) in [6.45, 7) is 0. The molecule has 2 N–H and O–H groups in total. The van der Waals surface area contributed by atoms with Crippen molar-refractivity contribution in [3.8, 4) is 0 Å². The summed E-state index contributed by atoms with van der Waals surface area (Å²) in [5, 5.41) is 13.9. The van der Waals surface area contributed by atoms with E-state index < -0.39 is 6.16 Å². The number of rotatable bonds is 0. The summed E-state index contributed by atoms with van der Waals surface area (Å²) in [5.74, 6) is 0. The third kappa shape index (κ3) is 216. The van der Waals surface area contributed by atoms with E-state index in [0.29, 0.717) is 0 Å². The molecule has 0 saturated heterocycles. The van der Waals surface area contributed by atoms with Crippen molar-refractivity contribution in [2.24, 2.45) is 0 Å². The van der Waals surface area contributed by atoms with Gasteiger partial charge in [-0.3, -0.25) is 0 Å². The molecular formula is CH2O3SZn2+2. The minimum atomic E-state index is -1.83. The first-order valence-electron chi connectivity index (χ1n) is 0.651. The number of carbonyl (C=O) groups is 1. The van der Waals surface area contributed by atoms with Crippen LogP contribution in [0.2, 0.25) is 0 Å². The number of carboxylic acid groups (broad SMARTS) is 2. The first kappa shape index (κ1) is 24.8. The molecule has 0 fully saturated rings. The molecule has 3 nitrogen and oxygen atoms in total. The van der Waals surface area contributed by atoms with E-state index in [0.717, 1.165) is 0 Å². The Morgan fingerprint density at radius 3 is 1.14 bits per heavy atom. The van der Waals surface area contributed by atoms with Gasteiger partial charge in [0.25, 0.3) is 0 Å². The summed E-state index contributed by atoms with van der Waals surface area (Å²) in [7, 11) is 0. The Hall–Kier alpha value is 0.867. The molecule has 0 aromatic heterocycles. The van der Waals surface area contributed by atoms with E-state index in [-0.39, 0.29) is 52.5 Å². The molecule has 6 heteroatoms. The Kier molecular flexibility index (Phi) is 56.0. The van der Waals surface area contributed by atoms with Crippen LogP contribution in [0, 0.1) is 0 Å². The maximum absolute atomic E-state index is 8.56. The summed E-state index contributed by atoms with van der Waals surface area (Å²) < 4.78 is 0. The van der Waals surface area contributed by atoms with Crippen LogP contribution < -0.4 is 0 Å². The Morgan fingerprint density at radius 1 is 1.14 bits per heavy atom. The Balaban J connectivity index is -0.0000000150. The molecule has 0 aliphatic heterocycles. The Labute approximate surface area is 73.4 Å². The maximum atomic E-state index is 8.56. The second-order valence-electron chi connectivity index (χ2n) is 0.283. The van der Waals surface area contributed by atoms with Gasteiger partial charge in [0.1, 0.15) is 0 Å². The molecule has 0 heterocycles. The normalized spacial score (nSPS) is 3.43. The molecule has 0 radical (unpaired) electrons. The van der Waals surface area contributed by atoms with Gasteiger partial charge in [0.15, 0.2) is 0 Å². The van der Waals surface area contributed by atoms with Crippen molar-refractivity contribution in [3.05, 3.63) is 0 Å². The average molecular weight is 225 g/mol. The second kappa shape index (κ2) is 15.8. The molecule has 0 atom stereocenters. The smallest absolute Gasteiger partial charge is 2.00 e. The third-order valence-corrected chi connectivity index (χ3v) is 0. The van der Waals surface area contributed by atoms with Crippen molar-refractivity contribution in [2.75, 3.05) is 0 Å². The molecule has 0 unspecified atom stereocenters. The maximum Gasteiger partial charge on any atom is 2.00 e. The van der Waals surface area contributed by atoms with Gasteiger partial charge in [0.2, 0.25) is 0 Å². The minimum absolute atomic E-state index is 0. The van der Waals surface area contributed by atoms with Gasteiger partial charge >= 0.3 is 45.1 Å². The summed E-state index contributed by atoms with van der Waals surface area (Å²) in [4.78, 5) is 8.56. The van der Waals surface area contributed by atoms with Crippen LogP contribution in [-0.2, 0) is 52.5 Å². The summed E-state index contributed by atoms with van der Waals surface area (Å²) in [6.07, 6.45) is -1.83. The fraction of sp³-hybridized carbons (Fsp3) is 0. The largest absolute Gasteiger partial charge is 2.00 e.